The summed E-state index contributed by atoms with van der Waals surface area (Å²) in [6.07, 6.45) is 2.22. The second kappa shape index (κ2) is 6.06. The summed E-state index contributed by atoms with van der Waals surface area (Å²) in [5.74, 6) is -1.22. The molecule has 1 N–H and O–H groups in total. The van der Waals surface area contributed by atoms with Gasteiger partial charge in [0.2, 0.25) is 5.82 Å². The summed E-state index contributed by atoms with van der Waals surface area (Å²) in [6.45, 7) is 0.164. The number of aromatic amines is 1. The minimum absolute atomic E-state index is 0.0987. The summed E-state index contributed by atoms with van der Waals surface area (Å²) in [5.41, 5.74) is 0.433. The molecule has 4 aromatic heterocycles. The normalized spacial score (nSPS) is 11.1. The highest BCUT2D eigenvalue weighted by atomic mass is 32.1. The van der Waals surface area contributed by atoms with E-state index in [0.717, 1.165) is 6.20 Å². The van der Waals surface area contributed by atoms with Crippen LogP contribution in [-0.2, 0) is 6.54 Å². The van der Waals surface area contributed by atoms with Crippen LogP contribution in [-0.4, -0.2) is 24.9 Å². The lowest BCUT2D eigenvalue weighted by molar-refractivity contribution is 0.421. The zero-order valence-electron chi connectivity index (χ0n) is 12.4. The van der Waals surface area contributed by atoms with Gasteiger partial charge >= 0.3 is 0 Å². The Hall–Kier alpha value is -3.14. The van der Waals surface area contributed by atoms with E-state index in [1.807, 2.05) is 0 Å². The zero-order valence-corrected chi connectivity index (χ0v) is 13.3. The number of H-pyrrole nitrogens is 1. The van der Waals surface area contributed by atoms with Crippen LogP contribution in [0.2, 0.25) is 0 Å². The van der Waals surface area contributed by atoms with Gasteiger partial charge in [-0.15, -0.1) is 11.3 Å². The van der Waals surface area contributed by atoms with Gasteiger partial charge in [0.25, 0.3) is 5.56 Å². The van der Waals surface area contributed by atoms with Crippen LogP contribution in [0.4, 0.5) is 8.78 Å². The second-order valence-electron chi connectivity index (χ2n) is 5.06. The quantitative estimate of drug-likeness (QED) is 0.604. The first-order valence-corrected chi connectivity index (χ1v) is 7.95. The number of rotatable bonds is 4. The third kappa shape index (κ3) is 2.87. The first kappa shape index (κ1) is 15.4. The summed E-state index contributed by atoms with van der Waals surface area (Å²) in [4.78, 5) is 18.1. The molecule has 126 valence electrons. The fourth-order valence-electron chi connectivity index (χ4n) is 2.29. The summed E-state index contributed by atoms with van der Waals surface area (Å²) in [5, 5.41) is 9.84. The van der Waals surface area contributed by atoms with Crippen molar-refractivity contribution in [1.29, 1.82) is 0 Å². The van der Waals surface area contributed by atoms with Crippen molar-refractivity contribution in [2.75, 3.05) is 0 Å². The van der Waals surface area contributed by atoms with Crippen molar-refractivity contribution < 1.29 is 13.3 Å². The number of thiophene rings is 1. The van der Waals surface area contributed by atoms with Crippen molar-refractivity contribution in [2.45, 2.75) is 6.54 Å². The Labute approximate surface area is 142 Å². The van der Waals surface area contributed by atoms with Gasteiger partial charge in [0.05, 0.1) is 23.3 Å². The first-order valence-electron chi connectivity index (χ1n) is 7.07. The molecule has 4 aromatic rings. The topological polar surface area (TPSA) is 89.6 Å². The highest BCUT2D eigenvalue weighted by molar-refractivity contribution is 7.09. The molecule has 0 bridgehead atoms. The minimum atomic E-state index is -0.986. The van der Waals surface area contributed by atoms with Crippen LogP contribution in [0.1, 0.15) is 4.88 Å². The highest BCUT2D eigenvalue weighted by Crippen LogP contribution is 2.25. The number of halogens is 2. The van der Waals surface area contributed by atoms with Crippen LogP contribution in [0.5, 0.6) is 0 Å². The van der Waals surface area contributed by atoms with E-state index in [-0.39, 0.29) is 18.2 Å². The fourth-order valence-corrected chi connectivity index (χ4v) is 3.02. The Morgan fingerprint density at radius 1 is 1.24 bits per heavy atom. The van der Waals surface area contributed by atoms with Gasteiger partial charge in [-0.3, -0.25) is 9.48 Å². The van der Waals surface area contributed by atoms with Crippen LogP contribution in [0, 0.1) is 11.6 Å². The molecule has 4 heterocycles. The molecule has 0 aromatic carbocycles. The molecule has 0 saturated heterocycles. The molecule has 0 aliphatic rings. The summed E-state index contributed by atoms with van der Waals surface area (Å²) in [7, 11) is 0. The van der Waals surface area contributed by atoms with Crippen molar-refractivity contribution in [3.8, 4) is 22.9 Å². The monoisotopic (exact) mass is 361 g/mol. The van der Waals surface area contributed by atoms with Gasteiger partial charge in [-0.05, 0) is 17.5 Å². The molecule has 25 heavy (non-hydrogen) atoms. The Morgan fingerprint density at radius 2 is 2.12 bits per heavy atom. The summed E-state index contributed by atoms with van der Waals surface area (Å²) < 4.78 is 33.3. The van der Waals surface area contributed by atoms with Crippen LogP contribution in [0.25, 0.3) is 22.9 Å². The number of nitrogens with zero attached hydrogens (tertiary/aromatic N) is 4. The number of hydrogen-bond donors (Lipinski definition) is 1. The van der Waals surface area contributed by atoms with Crippen molar-refractivity contribution in [3.63, 3.8) is 0 Å². The Kier molecular flexibility index (Phi) is 3.73. The molecule has 0 spiro atoms. The SMILES string of the molecule is O=c1[nH]c(-c2cc(-c3ccon3)n(Cc3sccc3F)n2)ncc1F. The maximum Gasteiger partial charge on any atom is 0.287 e. The van der Waals surface area contributed by atoms with E-state index in [9.17, 15) is 13.6 Å². The molecule has 0 radical (unpaired) electrons. The molecule has 0 aliphatic carbocycles. The highest BCUT2D eigenvalue weighted by Gasteiger charge is 2.17. The predicted molar refractivity (Wildman–Crippen MR) is 84.9 cm³/mol. The molecule has 0 unspecified atom stereocenters. The number of hydrogen-bond acceptors (Lipinski definition) is 6. The van der Waals surface area contributed by atoms with Gasteiger partial charge < -0.3 is 9.51 Å². The number of aromatic nitrogens is 5. The van der Waals surface area contributed by atoms with Crippen molar-refractivity contribution in [1.82, 2.24) is 24.9 Å². The first-order chi connectivity index (χ1) is 12.1. The molecule has 0 aliphatic heterocycles. The van der Waals surface area contributed by atoms with Gasteiger partial charge in [-0.25, -0.2) is 9.37 Å². The van der Waals surface area contributed by atoms with E-state index in [1.54, 1.807) is 17.5 Å². The van der Waals surface area contributed by atoms with Gasteiger partial charge in [0.1, 0.15) is 23.5 Å². The van der Waals surface area contributed by atoms with Gasteiger partial charge in [0, 0.05) is 6.07 Å². The molecule has 0 fully saturated rings. The van der Waals surface area contributed by atoms with Crippen molar-refractivity contribution >= 4 is 11.3 Å². The largest absolute Gasteiger partial charge is 0.364 e. The van der Waals surface area contributed by atoms with Crippen molar-refractivity contribution in [2.24, 2.45) is 0 Å². The van der Waals surface area contributed by atoms with Crippen LogP contribution >= 0.6 is 11.3 Å². The third-order valence-corrected chi connectivity index (χ3v) is 4.34. The molecule has 0 saturated carbocycles. The molecule has 10 heteroatoms. The van der Waals surface area contributed by atoms with E-state index < -0.39 is 11.4 Å². The maximum absolute atomic E-state index is 13.8. The molecule has 7 nitrogen and oxygen atoms in total. The lowest BCUT2D eigenvalue weighted by atomic mass is 10.2. The van der Waals surface area contributed by atoms with E-state index in [4.69, 9.17) is 4.52 Å². The lowest BCUT2D eigenvalue weighted by Gasteiger charge is -2.03. The average Bonchev–Trinajstić information content (AvgIpc) is 3.32. The van der Waals surface area contributed by atoms with E-state index in [0.29, 0.717) is 22.0 Å². The average molecular weight is 361 g/mol. The van der Waals surface area contributed by atoms with Crippen LogP contribution < -0.4 is 5.56 Å². The second-order valence-corrected chi connectivity index (χ2v) is 6.06. The fraction of sp³-hybridized carbons (Fsp3) is 0.0667. The molecular formula is C15H9F2N5O2S. The van der Waals surface area contributed by atoms with E-state index in [2.05, 4.69) is 20.2 Å². The predicted octanol–water partition coefficient (Wildman–Crippen LogP) is 2.68. The summed E-state index contributed by atoms with van der Waals surface area (Å²) in [6, 6.07) is 4.61. The molecule has 0 amide bonds. The standard InChI is InChI=1S/C15H9F2N5O2S/c16-8-2-4-25-13(8)7-22-12(10-1-3-24-21-10)5-11(20-22)14-18-6-9(17)15(23)19-14/h1-6H,7H2,(H,18,19,23). The Balaban J connectivity index is 1.81. The lowest BCUT2D eigenvalue weighted by Crippen LogP contribution is -2.12. The van der Waals surface area contributed by atoms with Crippen molar-refractivity contribution in [3.05, 3.63) is 62.9 Å². The number of nitrogens with one attached hydrogen (secondary N) is 1. The van der Waals surface area contributed by atoms with Crippen LogP contribution in [0.15, 0.2) is 45.4 Å². The zero-order chi connectivity index (χ0) is 17.4. The summed E-state index contributed by atoms with van der Waals surface area (Å²) >= 11 is 1.26. The maximum atomic E-state index is 13.8. The van der Waals surface area contributed by atoms with Gasteiger partial charge in [-0.1, -0.05) is 5.16 Å². The Morgan fingerprint density at radius 3 is 2.80 bits per heavy atom. The Bertz CT molecular complexity index is 1080. The molecule has 4 rings (SSSR count). The minimum Gasteiger partial charge on any atom is -0.364 e. The van der Waals surface area contributed by atoms with Gasteiger partial charge in [0.15, 0.2) is 5.82 Å². The smallest absolute Gasteiger partial charge is 0.287 e. The third-order valence-electron chi connectivity index (χ3n) is 3.46. The van der Waals surface area contributed by atoms with Crippen LogP contribution in [0.3, 0.4) is 0 Å². The van der Waals surface area contributed by atoms with E-state index >= 15 is 0 Å². The van der Waals surface area contributed by atoms with E-state index in [1.165, 1.54) is 28.3 Å². The van der Waals surface area contributed by atoms with Gasteiger partial charge in [-0.2, -0.15) is 9.49 Å². The molecular weight excluding hydrogens is 352 g/mol. The molecule has 0 atom stereocenters.